The molecule has 3 rings (SSSR count). The van der Waals surface area contributed by atoms with Crippen molar-refractivity contribution in [1.29, 1.82) is 0 Å². The van der Waals surface area contributed by atoms with Crippen LogP contribution in [0.5, 0.6) is 0 Å². The van der Waals surface area contributed by atoms with Gasteiger partial charge in [-0.1, -0.05) is 41.4 Å². The number of alkyl halides is 3. The van der Waals surface area contributed by atoms with Gasteiger partial charge in [-0.05, 0) is 23.8 Å². The topological polar surface area (TPSA) is 28.7 Å². The van der Waals surface area contributed by atoms with Crippen LogP contribution in [0.25, 0.3) is 22.2 Å². The number of aromatic nitrogens is 2. The summed E-state index contributed by atoms with van der Waals surface area (Å²) in [7, 11) is 0. The van der Waals surface area contributed by atoms with Crippen molar-refractivity contribution in [1.82, 2.24) is 9.97 Å². The third-order valence-corrected chi connectivity index (χ3v) is 3.65. The van der Waals surface area contributed by atoms with Crippen LogP contribution in [0.15, 0.2) is 36.4 Å². The highest BCUT2D eigenvalue weighted by molar-refractivity contribution is 6.37. The first-order valence-electron chi connectivity index (χ1n) is 5.87. The van der Waals surface area contributed by atoms with Crippen LogP contribution >= 0.6 is 23.2 Å². The Morgan fingerprint density at radius 3 is 2.24 bits per heavy atom. The van der Waals surface area contributed by atoms with Crippen molar-refractivity contribution in [2.45, 2.75) is 6.18 Å². The van der Waals surface area contributed by atoms with Gasteiger partial charge in [0.1, 0.15) is 5.52 Å². The Morgan fingerprint density at radius 2 is 1.62 bits per heavy atom. The molecule has 0 aliphatic heterocycles. The Kier molecular flexibility index (Phi) is 3.34. The molecule has 1 N–H and O–H groups in total. The van der Waals surface area contributed by atoms with Crippen LogP contribution in [0.4, 0.5) is 13.2 Å². The van der Waals surface area contributed by atoms with Gasteiger partial charge in [-0.15, -0.1) is 0 Å². The van der Waals surface area contributed by atoms with Crippen LogP contribution < -0.4 is 0 Å². The Hall–Kier alpha value is -1.72. The predicted octanol–water partition coefficient (Wildman–Crippen LogP) is 5.56. The molecule has 21 heavy (non-hydrogen) atoms. The van der Waals surface area contributed by atoms with E-state index in [9.17, 15) is 13.2 Å². The standard InChI is InChI=1S/C14H7Cl2F3N2/c15-8-3-1-7(2-4-8)9-5-6-10-12(11(9)16)21-13(20-10)14(17,18)19/h1-6H,(H,20,21). The first kappa shape index (κ1) is 14.2. The molecule has 0 radical (unpaired) electrons. The monoisotopic (exact) mass is 330 g/mol. The predicted molar refractivity (Wildman–Crippen MR) is 76.6 cm³/mol. The smallest absolute Gasteiger partial charge is 0.334 e. The Balaban J connectivity index is 2.18. The summed E-state index contributed by atoms with van der Waals surface area (Å²) >= 11 is 12.0. The molecular formula is C14H7Cl2F3N2. The van der Waals surface area contributed by atoms with E-state index in [-0.39, 0.29) is 16.1 Å². The van der Waals surface area contributed by atoms with Crippen molar-refractivity contribution < 1.29 is 13.2 Å². The molecule has 0 aliphatic carbocycles. The maximum absolute atomic E-state index is 12.7. The summed E-state index contributed by atoms with van der Waals surface area (Å²) in [5.74, 6) is -1.06. The molecule has 0 amide bonds. The SMILES string of the molecule is FC(F)(F)c1nc2c(Cl)c(-c3ccc(Cl)cc3)ccc2[nH]1. The third-order valence-electron chi connectivity index (χ3n) is 3.02. The molecule has 3 aromatic rings. The first-order valence-corrected chi connectivity index (χ1v) is 6.63. The highest BCUT2D eigenvalue weighted by Gasteiger charge is 2.35. The van der Waals surface area contributed by atoms with Crippen LogP contribution in [0.1, 0.15) is 5.82 Å². The van der Waals surface area contributed by atoms with E-state index >= 15 is 0 Å². The zero-order valence-electron chi connectivity index (χ0n) is 10.3. The minimum Gasteiger partial charge on any atom is -0.334 e. The third kappa shape index (κ3) is 2.59. The van der Waals surface area contributed by atoms with Crippen LogP contribution in [-0.4, -0.2) is 9.97 Å². The number of nitrogens with one attached hydrogen (secondary N) is 1. The van der Waals surface area contributed by atoms with Crippen molar-refractivity contribution in [2.24, 2.45) is 0 Å². The quantitative estimate of drug-likeness (QED) is 0.622. The fourth-order valence-electron chi connectivity index (χ4n) is 2.03. The van der Waals surface area contributed by atoms with Gasteiger partial charge >= 0.3 is 6.18 Å². The maximum atomic E-state index is 12.7. The number of aromatic amines is 1. The van der Waals surface area contributed by atoms with Gasteiger partial charge in [-0.25, -0.2) is 4.98 Å². The summed E-state index contributed by atoms with van der Waals surface area (Å²) < 4.78 is 38.0. The molecule has 0 saturated heterocycles. The fraction of sp³-hybridized carbons (Fsp3) is 0.0714. The van der Waals surface area contributed by atoms with E-state index in [2.05, 4.69) is 9.97 Å². The molecule has 108 valence electrons. The second kappa shape index (κ2) is 4.93. The van der Waals surface area contributed by atoms with Gasteiger partial charge in [-0.3, -0.25) is 0 Å². The molecule has 0 spiro atoms. The van der Waals surface area contributed by atoms with E-state index in [1.165, 1.54) is 6.07 Å². The van der Waals surface area contributed by atoms with Gasteiger partial charge in [0.2, 0.25) is 5.82 Å². The van der Waals surface area contributed by atoms with Crippen LogP contribution in [-0.2, 0) is 6.18 Å². The van der Waals surface area contributed by atoms with Crippen molar-refractivity contribution in [2.75, 3.05) is 0 Å². The summed E-state index contributed by atoms with van der Waals surface area (Å²) in [6.45, 7) is 0. The van der Waals surface area contributed by atoms with Crippen LogP contribution in [0.2, 0.25) is 10.0 Å². The second-order valence-electron chi connectivity index (χ2n) is 4.41. The van der Waals surface area contributed by atoms with Gasteiger partial charge in [-0.2, -0.15) is 13.2 Å². The lowest BCUT2D eigenvalue weighted by Gasteiger charge is -2.05. The van der Waals surface area contributed by atoms with Gasteiger partial charge in [0, 0.05) is 10.6 Å². The van der Waals surface area contributed by atoms with Crippen LogP contribution in [0, 0.1) is 0 Å². The molecule has 1 heterocycles. The number of nitrogens with zero attached hydrogens (tertiary/aromatic N) is 1. The number of benzene rings is 2. The second-order valence-corrected chi connectivity index (χ2v) is 5.23. The van der Waals surface area contributed by atoms with Crippen molar-refractivity contribution >= 4 is 34.2 Å². The van der Waals surface area contributed by atoms with Crippen molar-refractivity contribution in [3.05, 3.63) is 52.3 Å². The summed E-state index contributed by atoms with van der Waals surface area (Å²) in [6.07, 6.45) is -4.54. The van der Waals surface area contributed by atoms with Gasteiger partial charge in [0.05, 0.1) is 10.5 Å². The molecule has 0 bridgehead atoms. The van der Waals surface area contributed by atoms with E-state index in [0.717, 1.165) is 5.56 Å². The van der Waals surface area contributed by atoms with Crippen molar-refractivity contribution in [3.8, 4) is 11.1 Å². The Labute approximate surface area is 127 Å². The zero-order valence-corrected chi connectivity index (χ0v) is 11.8. The number of rotatable bonds is 1. The summed E-state index contributed by atoms with van der Waals surface area (Å²) in [5, 5.41) is 0.733. The number of imidazole rings is 1. The fourth-order valence-corrected chi connectivity index (χ4v) is 2.47. The molecule has 2 nitrogen and oxygen atoms in total. The van der Waals surface area contributed by atoms with Crippen molar-refractivity contribution in [3.63, 3.8) is 0 Å². The minimum atomic E-state index is -4.54. The normalized spacial score (nSPS) is 12.0. The number of H-pyrrole nitrogens is 1. The number of hydrogen-bond donors (Lipinski definition) is 1. The number of fused-ring (bicyclic) bond motifs is 1. The molecule has 0 aliphatic rings. The lowest BCUT2D eigenvalue weighted by atomic mass is 10.1. The van der Waals surface area contributed by atoms with Gasteiger partial charge < -0.3 is 4.98 Å². The highest BCUT2D eigenvalue weighted by atomic mass is 35.5. The van der Waals surface area contributed by atoms with Gasteiger partial charge in [0.25, 0.3) is 0 Å². The molecule has 0 saturated carbocycles. The summed E-state index contributed by atoms with van der Waals surface area (Å²) in [5.41, 5.74) is 1.69. The van der Waals surface area contributed by atoms with E-state index < -0.39 is 12.0 Å². The molecule has 7 heteroatoms. The molecule has 0 atom stereocenters. The maximum Gasteiger partial charge on any atom is 0.449 e. The first-order chi connectivity index (χ1) is 9.86. The van der Waals surface area contributed by atoms with E-state index in [1.54, 1.807) is 30.3 Å². The molecule has 0 unspecified atom stereocenters. The van der Waals surface area contributed by atoms with E-state index in [1.807, 2.05) is 0 Å². The summed E-state index contributed by atoms with van der Waals surface area (Å²) in [4.78, 5) is 5.77. The molecule has 1 aromatic heterocycles. The number of halogens is 5. The highest BCUT2D eigenvalue weighted by Crippen LogP contribution is 2.36. The van der Waals surface area contributed by atoms with Gasteiger partial charge in [0.15, 0.2) is 0 Å². The average molecular weight is 331 g/mol. The summed E-state index contributed by atoms with van der Waals surface area (Å²) in [6, 6.07) is 10.0. The lowest BCUT2D eigenvalue weighted by Crippen LogP contribution is -2.06. The largest absolute Gasteiger partial charge is 0.449 e. The zero-order chi connectivity index (χ0) is 15.2. The van der Waals surface area contributed by atoms with E-state index in [0.29, 0.717) is 10.6 Å². The molecule has 2 aromatic carbocycles. The molecular weight excluding hydrogens is 324 g/mol. The number of hydrogen-bond acceptors (Lipinski definition) is 1. The van der Waals surface area contributed by atoms with Crippen LogP contribution in [0.3, 0.4) is 0 Å². The van der Waals surface area contributed by atoms with E-state index in [4.69, 9.17) is 23.2 Å². The lowest BCUT2D eigenvalue weighted by molar-refractivity contribution is -0.144. The Bertz CT molecular complexity index is 807. The Morgan fingerprint density at radius 1 is 0.952 bits per heavy atom. The molecule has 0 fully saturated rings. The average Bonchev–Trinajstić information content (AvgIpc) is 2.85. The minimum absolute atomic E-state index is 0.0939.